The Bertz CT molecular complexity index is 873. The zero-order valence-electron chi connectivity index (χ0n) is 14.4. The molecule has 0 spiro atoms. The number of halogens is 1. The van der Waals surface area contributed by atoms with Crippen LogP contribution in [-0.4, -0.2) is 25.2 Å². The summed E-state index contributed by atoms with van der Waals surface area (Å²) in [4.78, 5) is 12.2. The molecule has 0 aliphatic carbocycles. The molecule has 2 aromatic rings. The Morgan fingerprint density at radius 2 is 2.27 bits per heavy atom. The van der Waals surface area contributed by atoms with Crippen molar-refractivity contribution in [3.63, 3.8) is 0 Å². The van der Waals surface area contributed by atoms with Crippen LogP contribution in [0.5, 0.6) is 0 Å². The predicted octanol–water partition coefficient (Wildman–Crippen LogP) is 4.22. The summed E-state index contributed by atoms with van der Waals surface area (Å²) < 4.78 is 12.2. The standard InChI is InChI=1S/C20H19BrN2O3/c1-13-4-6-17(18(21)9-13)19-7-5-15(26-19)10-14(11-22)20(24)23-12-16-3-2-8-25-16/h4-7,9-10,16H,2-3,8,12H2,1H3,(H,23,24)/b14-10+. The average Bonchev–Trinajstić information content (AvgIpc) is 3.29. The number of nitrogens with one attached hydrogen (secondary N) is 1. The van der Waals surface area contributed by atoms with Gasteiger partial charge in [0.25, 0.3) is 5.91 Å². The molecule has 1 unspecified atom stereocenters. The summed E-state index contributed by atoms with van der Waals surface area (Å²) in [6.45, 7) is 3.15. The second kappa shape index (κ2) is 8.35. The highest BCUT2D eigenvalue weighted by molar-refractivity contribution is 9.10. The number of carbonyl (C=O) groups excluding carboxylic acids is 1. The maximum atomic E-state index is 12.2. The van der Waals surface area contributed by atoms with E-state index in [1.165, 1.54) is 6.08 Å². The quantitative estimate of drug-likeness (QED) is 0.586. The summed E-state index contributed by atoms with van der Waals surface area (Å²) in [5, 5.41) is 12.0. The average molecular weight is 415 g/mol. The molecule has 1 aliphatic rings. The molecule has 0 saturated carbocycles. The number of nitrogens with zero attached hydrogens (tertiary/aromatic N) is 1. The van der Waals surface area contributed by atoms with Crippen LogP contribution in [0.15, 0.2) is 44.8 Å². The Kier molecular flexibility index (Phi) is 5.92. The summed E-state index contributed by atoms with van der Waals surface area (Å²) >= 11 is 3.53. The molecule has 1 N–H and O–H groups in total. The molecule has 1 fully saturated rings. The van der Waals surface area contributed by atoms with E-state index in [0.29, 0.717) is 18.1 Å². The van der Waals surface area contributed by atoms with Gasteiger partial charge in [0.1, 0.15) is 23.2 Å². The first-order valence-electron chi connectivity index (χ1n) is 8.45. The van der Waals surface area contributed by atoms with Crippen molar-refractivity contribution in [2.24, 2.45) is 0 Å². The van der Waals surface area contributed by atoms with Gasteiger partial charge < -0.3 is 14.5 Å². The number of aryl methyl sites for hydroxylation is 1. The lowest BCUT2D eigenvalue weighted by atomic mass is 10.1. The molecular formula is C20H19BrN2O3. The van der Waals surface area contributed by atoms with Crippen molar-refractivity contribution < 1.29 is 13.9 Å². The smallest absolute Gasteiger partial charge is 0.262 e. The summed E-state index contributed by atoms with van der Waals surface area (Å²) in [5.41, 5.74) is 2.06. The van der Waals surface area contributed by atoms with Gasteiger partial charge in [-0.15, -0.1) is 0 Å². The maximum Gasteiger partial charge on any atom is 0.262 e. The second-order valence-corrected chi connectivity index (χ2v) is 7.05. The highest BCUT2D eigenvalue weighted by Crippen LogP contribution is 2.31. The van der Waals surface area contributed by atoms with E-state index in [-0.39, 0.29) is 11.7 Å². The molecular weight excluding hydrogens is 396 g/mol. The third-order valence-electron chi connectivity index (χ3n) is 4.18. The van der Waals surface area contributed by atoms with E-state index in [4.69, 9.17) is 9.15 Å². The third-order valence-corrected chi connectivity index (χ3v) is 4.84. The van der Waals surface area contributed by atoms with E-state index in [1.807, 2.05) is 37.3 Å². The van der Waals surface area contributed by atoms with Crippen LogP contribution in [0.2, 0.25) is 0 Å². The van der Waals surface area contributed by atoms with Crippen LogP contribution in [0.3, 0.4) is 0 Å². The number of amides is 1. The lowest BCUT2D eigenvalue weighted by Crippen LogP contribution is -2.32. The SMILES string of the molecule is Cc1ccc(-c2ccc(/C=C(\C#N)C(=O)NCC3CCCO3)o2)c(Br)c1. The van der Waals surface area contributed by atoms with Crippen molar-refractivity contribution in [2.45, 2.75) is 25.9 Å². The zero-order chi connectivity index (χ0) is 18.5. The molecule has 5 nitrogen and oxygen atoms in total. The van der Waals surface area contributed by atoms with Crippen LogP contribution < -0.4 is 5.32 Å². The fourth-order valence-corrected chi connectivity index (χ4v) is 3.48. The van der Waals surface area contributed by atoms with Gasteiger partial charge in [0.15, 0.2) is 0 Å². The molecule has 1 amide bonds. The van der Waals surface area contributed by atoms with Crippen LogP contribution in [0.25, 0.3) is 17.4 Å². The Hall–Kier alpha value is -2.36. The van der Waals surface area contributed by atoms with Crippen molar-refractivity contribution in [1.82, 2.24) is 5.32 Å². The maximum absolute atomic E-state index is 12.2. The van der Waals surface area contributed by atoms with Crippen molar-refractivity contribution in [1.29, 1.82) is 5.26 Å². The molecule has 2 heterocycles. The topological polar surface area (TPSA) is 75.3 Å². The lowest BCUT2D eigenvalue weighted by molar-refractivity contribution is -0.117. The van der Waals surface area contributed by atoms with E-state index in [0.717, 1.165) is 35.0 Å². The zero-order valence-corrected chi connectivity index (χ0v) is 16.0. The fraction of sp³-hybridized carbons (Fsp3) is 0.300. The number of hydrogen-bond acceptors (Lipinski definition) is 4. The Balaban J connectivity index is 1.72. The van der Waals surface area contributed by atoms with Crippen LogP contribution in [0, 0.1) is 18.3 Å². The summed E-state index contributed by atoms with van der Waals surface area (Å²) in [7, 11) is 0. The minimum Gasteiger partial charge on any atom is -0.457 e. The van der Waals surface area contributed by atoms with Gasteiger partial charge in [-0.25, -0.2) is 0 Å². The first-order valence-corrected chi connectivity index (χ1v) is 9.24. The van der Waals surface area contributed by atoms with Crippen molar-refractivity contribution in [2.75, 3.05) is 13.2 Å². The molecule has 1 aliphatic heterocycles. The number of benzene rings is 1. The Morgan fingerprint density at radius 1 is 1.42 bits per heavy atom. The van der Waals surface area contributed by atoms with Gasteiger partial charge in [-0.2, -0.15) is 5.26 Å². The first-order chi connectivity index (χ1) is 12.6. The van der Waals surface area contributed by atoms with Crippen molar-refractivity contribution in [3.8, 4) is 17.4 Å². The Labute approximate surface area is 160 Å². The van der Waals surface area contributed by atoms with Gasteiger partial charge in [-0.1, -0.05) is 22.0 Å². The molecule has 6 heteroatoms. The number of hydrogen-bond donors (Lipinski definition) is 1. The van der Waals surface area contributed by atoms with E-state index in [1.54, 1.807) is 6.07 Å². The molecule has 1 atom stereocenters. The predicted molar refractivity (Wildman–Crippen MR) is 102 cm³/mol. The summed E-state index contributed by atoms with van der Waals surface area (Å²) in [6.07, 6.45) is 3.42. The lowest BCUT2D eigenvalue weighted by Gasteiger charge is -2.09. The minimum atomic E-state index is -0.419. The highest BCUT2D eigenvalue weighted by atomic mass is 79.9. The molecule has 26 heavy (non-hydrogen) atoms. The fourth-order valence-electron chi connectivity index (χ4n) is 2.79. The highest BCUT2D eigenvalue weighted by Gasteiger charge is 2.18. The van der Waals surface area contributed by atoms with E-state index in [9.17, 15) is 10.1 Å². The summed E-state index contributed by atoms with van der Waals surface area (Å²) in [5.74, 6) is 0.703. The van der Waals surface area contributed by atoms with Crippen molar-refractivity contribution >= 4 is 27.9 Å². The van der Waals surface area contributed by atoms with Gasteiger partial charge in [0.2, 0.25) is 0 Å². The van der Waals surface area contributed by atoms with Crippen LogP contribution in [0.1, 0.15) is 24.2 Å². The second-order valence-electron chi connectivity index (χ2n) is 6.20. The molecule has 1 aromatic heterocycles. The molecule has 134 valence electrons. The van der Waals surface area contributed by atoms with Crippen LogP contribution >= 0.6 is 15.9 Å². The normalized spacial score (nSPS) is 17.1. The van der Waals surface area contributed by atoms with Gasteiger partial charge in [-0.3, -0.25) is 4.79 Å². The van der Waals surface area contributed by atoms with Gasteiger partial charge in [-0.05, 0) is 49.6 Å². The van der Waals surface area contributed by atoms with Crippen LogP contribution in [0.4, 0.5) is 0 Å². The van der Waals surface area contributed by atoms with Crippen molar-refractivity contribution in [3.05, 3.63) is 51.7 Å². The number of nitriles is 1. The van der Waals surface area contributed by atoms with Gasteiger partial charge in [0, 0.05) is 29.3 Å². The minimum absolute atomic E-state index is 0.00636. The molecule has 1 saturated heterocycles. The Morgan fingerprint density at radius 3 is 2.96 bits per heavy atom. The number of rotatable bonds is 5. The largest absolute Gasteiger partial charge is 0.457 e. The van der Waals surface area contributed by atoms with E-state index < -0.39 is 5.91 Å². The molecule has 3 rings (SSSR count). The van der Waals surface area contributed by atoms with E-state index >= 15 is 0 Å². The molecule has 0 radical (unpaired) electrons. The first kappa shape index (κ1) is 18.4. The third kappa shape index (κ3) is 4.43. The summed E-state index contributed by atoms with van der Waals surface area (Å²) in [6, 6.07) is 11.5. The van der Waals surface area contributed by atoms with Crippen LogP contribution in [-0.2, 0) is 9.53 Å². The monoisotopic (exact) mass is 414 g/mol. The molecule has 0 bridgehead atoms. The van der Waals surface area contributed by atoms with Gasteiger partial charge in [0.05, 0.1) is 6.10 Å². The number of furan rings is 1. The number of carbonyl (C=O) groups is 1. The van der Waals surface area contributed by atoms with Gasteiger partial charge >= 0.3 is 0 Å². The molecule has 1 aromatic carbocycles. The number of ether oxygens (including phenoxy) is 1. The van der Waals surface area contributed by atoms with E-state index in [2.05, 4.69) is 21.2 Å².